The number of para-hydroxylation sites is 1. The lowest BCUT2D eigenvalue weighted by Crippen LogP contribution is -2.33. The number of benzene rings is 1. The molecule has 1 aromatic heterocycles. The SMILES string of the molecule is CC(C)NCCN[C@H](C)c1nnnn1-c1ccccc1. The number of tetrazole rings is 1. The summed E-state index contributed by atoms with van der Waals surface area (Å²) >= 11 is 0. The van der Waals surface area contributed by atoms with E-state index in [2.05, 4.69) is 46.9 Å². The molecule has 2 N–H and O–H groups in total. The Hall–Kier alpha value is -1.79. The van der Waals surface area contributed by atoms with Gasteiger partial charge in [0, 0.05) is 19.1 Å². The van der Waals surface area contributed by atoms with Crippen LogP contribution in [0.4, 0.5) is 0 Å². The van der Waals surface area contributed by atoms with Gasteiger partial charge >= 0.3 is 0 Å². The highest BCUT2D eigenvalue weighted by atomic mass is 15.5. The Bertz CT molecular complexity index is 507. The van der Waals surface area contributed by atoms with Gasteiger partial charge < -0.3 is 10.6 Å². The van der Waals surface area contributed by atoms with E-state index in [0.717, 1.165) is 24.6 Å². The minimum atomic E-state index is 0.0965. The molecule has 2 rings (SSSR count). The van der Waals surface area contributed by atoms with E-state index in [1.54, 1.807) is 4.68 Å². The van der Waals surface area contributed by atoms with Crippen LogP contribution in [0.3, 0.4) is 0 Å². The molecule has 0 bridgehead atoms. The van der Waals surface area contributed by atoms with E-state index in [4.69, 9.17) is 0 Å². The Morgan fingerprint density at radius 3 is 2.45 bits per heavy atom. The van der Waals surface area contributed by atoms with E-state index in [1.807, 2.05) is 30.3 Å². The van der Waals surface area contributed by atoms with Gasteiger partial charge in [0.15, 0.2) is 5.82 Å². The molecule has 0 aliphatic heterocycles. The first-order chi connectivity index (χ1) is 9.68. The van der Waals surface area contributed by atoms with Gasteiger partial charge in [-0.05, 0) is 29.5 Å². The van der Waals surface area contributed by atoms with Gasteiger partial charge in [0.1, 0.15) is 0 Å². The predicted octanol–water partition coefficient (Wildman–Crippen LogP) is 1.31. The summed E-state index contributed by atoms with van der Waals surface area (Å²) in [6.45, 7) is 8.15. The molecule has 1 heterocycles. The van der Waals surface area contributed by atoms with Crippen LogP contribution in [0.25, 0.3) is 5.69 Å². The average molecular weight is 274 g/mol. The van der Waals surface area contributed by atoms with E-state index < -0.39 is 0 Å². The lowest BCUT2D eigenvalue weighted by Gasteiger charge is -2.14. The van der Waals surface area contributed by atoms with E-state index in [9.17, 15) is 0 Å². The number of nitrogens with zero attached hydrogens (tertiary/aromatic N) is 4. The van der Waals surface area contributed by atoms with Gasteiger partial charge in [-0.3, -0.25) is 0 Å². The first kappa shape index (κ1) is 14.6. The second-order valence-corrected chi connectivity index (χ2v) is 5.07. The van der Waals surface area contributed by atoms with E-state index >= 15 is 0 Å². The molecule has 2 aromatic rings. The summed E-state index contributed by atoms with van der Waals surface area (Å²) in [5.74, 6) is 0.820. The minimum absolute atomic E-state index is 0.0965. The van der Waals surface area contributed by atoms with E-state index in [1.165, 1.54) is 0 Å². The summed E-state index contributed by atoms with van der Waals surface area (Å²) in [5, 5.41) is 18.8. The molecular weight excluding hydrogens is 252 g/mol. The zero-order valence-electron chi connectivity index (χ0n) is 12.2. The molecule has 0 fully saturated rings. The van der Waals surface area contributed by atoms with Crippen LogP contribution in [0, 0.1) is 0 Å². The fraction of sp³-hybridized carbons (Fsp3) is 0.500. The van der Waals surface area contributed by atoms with Crippen LogP contribution < -0.4 is 10.6 Å². The van der Waals surface area contributed by atoms with Crippen LogP contribution in [-0.2, 0) is 0 Å². The maximum atomic E-state index is 4.13. The number of hydrogen-bond acceptors (Lipinski definition) is 5. The highest BCUT2D eigenvalue weighted by Crippen LogP contribution is 2.12. The fourth-order valence-electron chi connectivity index (χ4n) is 1.96. The number of hydrogen-bond donors (Lipinski definition) is 2. The lowest BCUT2D eigenvalue weighted by molar-refractivity contribution is 0.498. The molecule has 0 unspecified atom stereocenters. The molecule has 0 saturated heterocycles. The van der Waals surface area contributed by atoms with Crippen molar-refractivity contribution in [2.45, 2.75) is 32.9 Å². The van der Waals surface area contributed by atoms with Gasteiger partial charge in [-0.1, -0.05) is 32.0 Å². The maximum absolute atomic E-state index is 4.13. The number of nitrogens with one attached hydrogen (secondary N) is 2. The van der Waals surface area contributed by atoms with Crippen molar-refractivity contribution >= 4 is 0 Å². The molecule has 0 radical (unpaired) electrons. The first-order valence-electron chi connectivity index (χ1n) is 6.99. The zero-order chi connectivity index (χ0) is 14.4. The molecule has 1 atom stereocenters. The van der Waals surface area contributed by atoms with Crippen LogP contribution in [0.5, 0.6) is 0 Å². The van der Waals surface area contributed by atoms with Gasteiger partial charge in [0.2, 0.25) is 0 Å². The molecular formula is C14H22N6. The molecule has 6 nitrogen and oxygen atoms in total. The van der Waals surface area contributed by atoms with Crippen molar-refractivity contribution in [1.29, 1.82) is 0 Å². The predicted molar refractivity (Wildman–Crippen MR) is 78.7 cm³/mol. The zero-order valence-corrected chi connectivity index (χ0v) is 12.2. The van der Waals surface area contributed by atoms with Gasteiger partial charge in [-0.15, -0.1) is 5.10 Å². The van der Waals surface area contributed by atoms with Gasteiger partial charge in [0.05, 0.1) is 11.7 Å². The Kier molecular flexibility index (Phi) is 5.20. The molecule has 108 valence electrons. The monoisotopic (exact) mass is 274 g/mol. The molecule has 0 saturated carbocycles. The fourth-order valence-corrected chi connectivity index (χ4v) is 1.96. The van der Waals surface area contributed by atoms with Gasteiger partial charge in [-0.2, -0.15) is 4.68 Å². The van der Waals surface area contributed by atoms with Crippen LogP contribution in [0.2, 0.25) is 0 Å². The van der Waals surface area contributed by atoms with Gasteiger partial charge in [0.25, 0.3) is 0 Å². The quantitative estimate of drug-likeness (QED) is 0.745. The first-order valence-corrected chi connectivity index (χ1v) is 6.99. The molecule has 6 heteroatoms. The average Bonchev–Trinajstić information content (AvgIpc) is 2.93. The van der Waals surface area contributed by atoms with Crippen molar-refractivity contribution in [1.82, 2.24) is 30.8 Å². The second kappa shape index (κ2) is 7.12. The Morgan fingerprint density at radius 1 is 1.05 bits per heavy atom. The lowest BCUT2D eigenvalue weighted by atomic mass is 10.2. The molecule has 1 aromatic carbocycles. The Morgan fingerprint density at radius 2 is 1.75 bits per heavy atom. The maximum Gasteiger partial charge on any atom is 0.173 e. The van der Waals surface area contributed by atoms with Crippen LogP contribution in [-0.4, -0.2) is 39.3 Å². The summed E-state index contributed by atoms with van der Waals surface area (Å²) in [7, 11) is 0. The summed E-state index contributed by atoms with van der Waals surface area (Å²) in [6.07, 6.45) is 0. The third-order valence-corrected chi connectivity index (χ3v) is 3.01. The van der Waals surface area contributed by atoms with E-state index in [-0.39, 0.29) is 6.04 Å². The number of rotatable bonds is 7. The van der Waals surface area contributed by atoms with Crippen molar-refractivity contribution in [2.75, 3.05) is 13.1 Å². The molecule has 0 aliphatic carbocycles. The molecule has 0 aliphatic rings. The minimum Gasteiger partial charge on any atom is -0.313 e. The van der Waals surface area contributed by atoms with Crippen molar-refractivity contribution in [3.63, 3.8) is 0 Å². The Balaban J connectivity index is 1.97. The topological polar surface area (TPSA) is 67.7 Å². The third kappa shape index (κ3) is 3.85. The molecule has 0 amide bonds. The summed E-state index contributed by atoms with van der Waals surface area (Å²) in [5.41, 5.74) is 0.974. The summed E-state index contributed by atoms with van der Waals surface area (Å²) in [6, 6.07) is 10.5. The van der Waals surface area contributed by atoms with Crippen molar-refractivity contribution in [3.8, 4) is 5.69 Å². The van der Waals surface area contributed by atoms with E-state index in [0.29, 0.717) is 6.04 Å². The Labute approximate surface area is 119 Å². The van der Waals surface area contributed by atoms with Crippen LogP contribution >= 0.6 is 0 Å². The third-order valence-electron chi connectivity index (χ3n) is 3.01. The van der Waals surface area contributed by atoms with Crippen molar-refractivity contribution < 1.29 is 0 Å². The number of aromatic nitrogens is 4. The van der Waals surface area contributed by atoms with Gasteiger partial charge in [-0.25, -0.2) is 0 Å². The van der Waals surface area contributed by atoms with Crippen molar-refractivity contribution in [3.05, 3.63) is 36.2 Å². The second-order valence-electron chi connectivity index (χ2n) is 5.07. The highest BCUT2D eigenvalue weighted by Gasteiger charge is 2.14. The summed E-state index contributed by atoms with van der Waals surface area (Å²) < 4.78 is 1.77. The van der Waals surface area contributed by atoms with Crippen LogP contribution in [0.15, 0.2) is 30.3 Å². The van der Waals surface area contributed by atoms with Crippen LogP contribution in [0.1, 0.15) is 32.6 Å². The largest absolute Gasteiger partial charge is 0.313 e. The smallest absolute Gasteiger partial charge is 0.173 e. The summed E-state index contributed by atoms with van der Waals surface area (Å²) in [4.78, 5) is 0. The molecule has 0 spiro atoms. The van der Waals surface area contributed by atoms with Crippen molar-refractivity contribution in [2.24, 2.45) is 0 Å². The molecule has 20 heavy (non-hydrogen) atoms. The highest BCUT2D eigenvalue weighted by molar-refractivity contribution is 5.30. The normalized spacial score (nSPS) is 12.8. The standard InChI is InChI=1S/C14H22N6/c1-11(2)15-9-10-16-12(3)14-17-18-19-20(14)13-7-5-4-6-8-13/h4-8,11-12,15-16H,9-10H2,1-3H3/t12-/m1/s1.